The third kappa shape index (κ3) is 3.49. The average molecular weight is 361 g/mol. The van der Waals surface area contributed by atoms with E-state index in [-0.39, 0.29) is 17.4 Å². The highest BCUT2D eigenvalue weighted by molar-refractivity contribution is 5.92. The molecule has 4 rings (SSSR count). The Morgan fingerprint density at radius 1 is 1.22 bits per heavy atom. The van der Waals surface area contributed by atoms with Crippen molar-refractivity contribution < 1.29 is 13.9 Å². The van der Waals surface area contributed by atoms with E-state index in [4.69, 9.17) is 9.15 Å². The Balaban J connectivity index is 1.54. The molecule has 0 spiro atoms. The zero-order chi connectivity index (χ0) is 18.8. The molecule has 1 aliphatic rings. The number of benzene rings is 2. The number of para-hydroxylation sites is 1. The number of amides is 1. The van der Waals surface area contributed by atoms with Gasteiger partial charge >= 0.3 is 0 Å². The molecule has 3 aromatic rings. The standard InChI is InChI=1S/C22H19NO4/c1-14-6-8-20-17(12-14)22(25)15(13-27-20)7-9-21(24)23-18-10-11-26-19-5-3-2-4-16(18)19/h2-9,12-13,18H,10-11H2,1H3,(H,23,24)/b9-7+. The van der Waals surface area contributed by atoms with Crippen molar-refractivity contribution in [1.29, 1.82) is 0 Å². The van der Waals surface area contributed by atoms with Gasteiger partial charge in [-0.25, -0.2) is 0 Å². The normalized spacial score (nSPS) is 16.1. The van der Waals surface area contributed by atoms with Gasteiger partial charge in [-0.05, 0) is 31.2 Å². The molecular weight excluding hydrogens is 342 g/mol. The minimum Gasteiger partial charge on any atom is -0.493 e. The van der Waals surface area contributed by atoms with E-state index in [1.54, 1.807) is 12.1 Å². The topological polar surface area (TPSA) is 68.5 Å². The second kappa shape index (κ2) is 7.11. The molecule has 0 saturated carbocycles. The van der Waals surface area contributed by atoms with Gasteiger partial charge < -0.3 is 14.5 Å². The van der Waals surface area contributed by atoms with Crippen LogP contribution < -0.4 is 15.5 Å². The number of carbonyl (C=O) groups excluding carboxylic acids is 1. The molecule has 1 atom stereocenters. The summed E-state index contributed by atoms with van der Waals surface area (Å²) in [5.74, 6) is 0.531. The van der Waals surface area contributed by atoms with Gasteiger partial charge in [0.1, 0.15) is 17.6 Å². The lowest BCUT2D eigenvalue weighted by molar-refractivity contribution is -0.117. The SMILES string of the molecule is Cc1ccc2occ(/C=C/C(=O)NC3CCOc4ccccc43)c(=O)c2c1. The van der Waals surface area contributed by atoms with Crippen molar-refractivity contribution in [2.75, 3.05) is 6.61 Å². The molecule has 0 saturated heterocycles. The van der Waals surface area contributed by atoms with Gasteiger partial charge in [-0.2, -0.15) is 0 Å². The van der Waals surface area contributed by atoms with Gasteiger partial charge in [0.15, 0.2) is 5.43 Å². The van der Waals surface area contributed by atoms with Crippen molar-refractivity contribution >= 4 is 23.0 Å². The minimum atomic E-state index is -0.263. The molecule has 2 aromatic carbocycles. The lowest BCUT2D eigenvalue weighted by atomic mass is 10.0. The van der Waals surface area contributed by atoms with Gasteiger partial charge in [0.25, 0.3) is 0 Å². The Bertz CT molecular complexity index is 1100. The van der Waals surface area contributed by atoms with Crippen LogP contribution in [0.5, 0.6) is 5.75 Å². The van der Waals surface area contributed by atoms with E-state index in [0.29, 0.717) is 29.6 Å². The van der Waals surface area contributed by atoms with E-state index in [2.05, 4.69) is 5.32 Å². The molecule has 1 aromatic heterocycles. The zero-order valence-corrected chi connectivity index (χ0v) is 14.9. The summed E-state index contributed by atoms with van der Waals surface area (Å²) >= 11 is 0. The molecule has 136 valence electrons. The Morgan fingerprint density at radius 3 is 2.96 bits per heavy atom. The van der Waals surface area contributed by atoms with Crippen molar-refractivity contribution in [3.05, 3.63) is 81.7 Å². The smallest absolute Gasteiger partial charge is 0.244 e. The van der Waals surface area contributed by atoms with Crippen LogP contribution >= 0.6 is 0 Å². The average Bonchev–Trinajstić information content (AvgIpc) is 2.68. The van der Waals surface area contributed by atoms with Gasteiger partial charge in [0.05, 0.1) is 23.6 Å². The maximum absolute atomic E-state index is 12.6. The Labute approximate surface area is 156 Å². The van der Waals surface area contributed by atoms with Crippen molar-refractivity contribution in [2.45, 2.75) is 19.4 Å². The quantitative estimate of drug-likeness (QED) is 0.722. The van der Waals surface area contributed by atoms with Crippen LogP contribution in [0.15, 0.2) is 64.0 Å². The summed E-state index contributed by atoms with van der Waals surface area (Å²) < 4.78 is 11.1. The van der Waals surface area contributed by atoms with Crippen LogP contribution in [0.4, 0.5) is 0 Å². The summed E-state index contributed by atoms with van der Waals surface area (Å²) in [6.07, 6.45) is 4.95. The predicted molar refractivity (Wildman–Crippen MR) is 104 cm³/mol. The summed E-state index contributed by atoms with van der Waals surface area (Å²) in [6, 6.07) is 13.0. The number of ether oxygens (including phenoxy) is 1. The van der Waals surface area contributed by atoms with E-state index in [1.807, 2.05) is 37.3 Å². The highest BCUT2D eigenvalue weighted by Crippen LogP contribution is 2.31. The van der Waals surface area contributed by atoms with Crippen molar-refractivity contribution in [2.24, 2.45) is 0 Å². The molecular formula is C22H19NO4. The maximum Gasteiger partial charge on any atom is 0.244 e. The first-order valence-corrected chi connectivity index (χ1v) is 8.84. The molecule has 0 bridgehead atoms. The largest absolute Gasteiger partial charge is 0.493 e. The zero-order valence-electron chi connectivity index (χ0n) is 14.9. The summed E-state index contributed by atoms with van der Waals surface area (Å²) in [6.45, 7) is 2.47. The maximum atomic E-state index is 12.6. The van der Waals surface area contributed by atoms with Crippen molar-refractivity contribution in [1.82, 2.24) is 5.32 Å². The van der Waals surface area contributed by atoms with Gasteiger partial charge in [-0.3, -0.25) is 9.59 Å². The molecule has 1 aliphatic heterocycles. The van der Waals surface area contributed by atoms with E-state index >= 15 is 0 Å². The first-order valence-electron chi connectivity index (χ1n) is 8.84. The molecule has 0 aliphatic carbocycles. The monoisotopic (exact) mass is 361 g/mol. The predicted octanol–water partition coefficient (Wildman–Crippen LogP) is 3.75. The summed E-state index contributed by atoms with van der Waals surface area (Å²) in [7, 11) is 0. The number of nitrogens with one attached hydrogen (secondary N) is 1. The molecule has 5 heteroatoms. The van der Waals surface area contributed by atoms with Crippen LogP contribution in [0.25, 0.3) is 17.0 Å². The molecule has 5 nitrogen and oxygen atoms in total. The Hall–Kier alpha value is -3.34. The summed E-state index contributed by atoms with van der Waals surface area (Å²) in [4.78, 5) is 24.9. The first kappa shape index (κ1) is 17.1. The third-order valence-electron chi connectivity index (χ3n) is 4.64. The number of fused-ring (bicyclic) bond motifs is 2. The van der Waals surface area contributed by atoms with Crippen LogP contribution in [0.3, 0.4) is 0 Å². The molecule has 0 fully saturated rings. The van der Waals surface area contributed by atoms with Crippen LogP contribution in [-0.2, 0) is 4.79 Å². The highest BCUT2D eigenvalue weighted by Gasteiger charge is 2.21. The van der Waals surface area contributed by atoms with Crippen molar-refractivity contribution in [3.63, 3.8) is 0 Å². The van der Waals surface area contributed by atoms with Crippen molar-refractivity contribution in [3.8, 4) is 5.75 Å². The lowest BCUT2D eigenvalue weighted by Gasteiger charge is -2.26. The van der Waals surface area contributed by atoms with Gasteiger partial charge in [-0.15, -0.1) is 0 Å². The van der Waals surface area contributed by atoms with E-state index < -0.39 is 0 Å². The van der Waals surface area contributed by atoms with E-state index in [0.717, 1.165) is 16.9 Å². The van der Waals surface area contributed by atoms with Gasteiger partial charge in [0, 0.05) is 18.1 Å². The first-order chi connectivity index (χ1) is 13.1. The van der Waals surface area contributed by atoms with Crippen LogP contribution in [0.1, 0.15) is 29.2 Å². The molecule has 2 heterocycles. The van der Waals surface area contributed by atoms with Crippen LogP contribution in [-0.4, -0.2) is 12.5 Å². The summed E-state index contributed by atoms with van der Waals surface area (Å²) in [5.41, 5.74) is 2.67. The number of aryl methyl sites for hydroxylation is 1. The summed E-state index contributed by atoms with van der Waals surface area (Å²) in [5, 5.41) is 3.48. The molecule has 1 N–H and O–H groups in total. The highest BCUT2D eigenvalue weighted by atomic mass is 16.5. The second-order valence-electron chi connectivity index (χ2n) is 6.59. The molecule has 1 unspecified atom stereocenters. The fourth-order valence-electron chi connectivity index (χ4n) is 3.25. The fourth-order valence-corrected chi connectivity index (χ4v) is 3.25. The third-order valence-corrected chi connectivity index (χ3v) is 4.64. The van der Waals surface area contributed by atoms with Crippen LogP contribution in [0.2, 0.25) is 0 Å². The number of hydrogen-bond acceptors (Lipinski definition) is 4. The van der Waals surface area contributed by atoms with Gasteiger partial charge in [0.2, 0.25) is 5.91 Å². The Morgan fingerprint density at radius 2 is 2.07 bits per heavy atom. The molecule has 27 heavy (non-hydrogen) atoms. The molecule has 0 radical (unpaired) electrons. The molecule has 1 amide bonds. The van der Waals surface area contributed by atoms with E-state index in [9.17, 15) is 9.59 Å². The number of rotatable bonds is 3. The van der Waals surface area contributed by atoms with Crippen LogP contribution in [0, 0.1) is 6.92 Å². The van der Waals surface area contributed by atoms with Gasteiger partial charge in [-0.1, -0.05) is 29.8 Å². The fraction of sp³-hybridized carbons (Fsp3) is 0.182. The lowest BCUT2D eigenvalue weighted by Crippen LogP contribution is -2.30. The number of hydrogen-bond donors (Lipinski definition) is 1. The second-order valence-corrected chi connectivity index (χ2v) is 6.59. The number of carbonyl (C=O) groups is 1. The minimum absolute atomic E-state index is 0.109. The van der Waals surface area contributed by atoms with E-state index in [1.165, 1.54) is 18.4 Å². The Kier molecular flexibility index (Phi) is 4.50.